The first kappa shape index (κ1) is 17.9. The van der Waals surface area contributed by atoms with Gasteiger partial charge >= 0.3 is 0 Å². The van der Waals surface area contributed by atoms with Crippen LogP contribution in [-0.4, -0.2) is 23.9 Å². The molecule has 0 aromatic heterocycles. The highest BCUT2D eigenvalue weighted by atomic mass is 35.5. The fourth-order valence-corrected chi connectivity index (χ4v) is 4.27. The fraction of sp³-hybridized carbons (Fsp3) is 0.562. The van der Waals surface area contributed by atoms with Gasteiger partial charge in [-0.3, -0.25) is 4.79 Å². The Morgan fingerprint density at radius 2 is 1.95 bits per heavy atom. The predicted molar refractivity (Wildman–Crippen MR) is 92.5 cm³/mol. The minimum Gasteiger partial charge on any atom is -0.341 e. The molecule has 2 saturated carbocycles. The van der Waals surface area contributed by atoms with Crippen molar-refractivity contribution in [3.05, 3.63) is 33.8 Å². The number of hydrogen-bond acceptors (Lipinski definition) is 2. The maximum atomic E-state index is 12.7. The Morgan fingerprint density at radius 3 is 2.55 bits per heavy atom. The van der Waals surface area contributed by atoms with Gasteiger partial charge < -0.3 is 10.6 Å². The molecule has 22 heavy (non-hydrogen) atoms. The van der Waals surface area contributed by atoms with Gasteiger partial charge in [-0.15, -0.1) is 12.4 Å². The van der Waals surface area contributed by atoms with E-state index in [2.05, 4.69) is 0 Å². The summed E-state index contributed by atoms with van der Waals surface area (Å²) in [6.45, 7) is 0.538. The third-order valence-corrected chi connectivity index (χ3v) is 5.78. The van der Waals surface area contributed by atoms with Crippen LogP contribution in [0.2, 0.25) is 10.0 Å². The smallest absolute Gasteiger partial charge is 0.227 e. The first-order chi connectivity index (χ1) is 9.97. The maximum Gasteiger partial charge on any atom is 0.227 e. The van der Waals surface area contributed by atoms with Crippen LogP contribution in [0.15, 0.2) is 18.2 Å². The normalized spacial score (nSPS) is 29.3. The van der Waals surface area contributed by atoms with Crippen LogP contribution in [0.3, 0.4) is 0 Å². The zero-order chi connectivity index (χ0) is 15.1. The van der Waals surface area contributed by atoms with Crippen LogP contribution in [0.4, 0.5) is 0 Å². The average molecular weight is 364 g/mol. The molecule has 0 saturated heterocycles. The van der Waals surface area contributed by atoms with Crippen LogP contribution in [0.1, 0.15) is 24.8 Å². The molecule has 1 aromatic carbocycles. The van der Waals surface area contributed by atoms with E-state index in [0.717, 1.165) is 18.4 Å². The summed E-state index contributed by atoms with van der Waals surface area (Å²) in [7, 11) is 1.84. The molecule has 0 heterocycles. The lowest BCUT2D eigenvalue weighted by molar-refractivity contribution is -0.137. The van der Waals surface area contributed by atoms with Crippen LogP contribution in [0, 0.1) is 17.8 Å². The molecule has 2 N–H and O–H groups in total. The van der Waals surface area contributed by atoms with E-state index >= 15 is 0 Å². The minimum atomic E-state index is -0.00322. The van der Waals surface area contributed by atoms with Gasteiger partial charge in [0.1, 0.15) is 0 Å². The maximum absolute atomic E-state index is 12.7. The molecule has 3 rings (SSSR count). The number of nitrogens with two attached hydrogens (primary N) is 1. The van der Waals surface area contributed by atoms with Crippen molar-refractivity contribution in [1.82, 2.24) is 4.90 Å². The molecule has 0 aliphatic heterocycles. The second kappa shape index (κ2) is 6.96. The highest BCUT2D eigenvalue weighted by molar-refractivity contribution is 6.42. The molecular formula is C16H21Cl3N2O. The highest BCUT2D eigenvalue weighted by Gasteiger charge is 2.49. The molecule has 2 aliphatic carbocycles. The van der Waals surface area contributed by atoms with E-state index in [1.165, 1.54) is 6.42 Å². The number of carbonyl (C=O) groups excluding carboxylic acids is 1. The average Bonchev–Trinajstić information content (AvgIpc) is 3.03. The Kier molecular flexibility index (Phi) is 5.65. The Labute approximate surface area is 147 Å². The summed E-state index contributed by atoms with van der Waals surface area (Å²) in [6.07, 6.45) is 3.46. The molecule has 1 amide bonds. The third kappa shape index (κ3) is 3.23. The van der Waals surface area contributed by atoms with Gasteiger partial charge in [0.05, 0.1) is 16.0 Å². The number of fused-ring (bicyclic) bond motifs is 2. The molecule has 6 heteroatoms. The molecule has 2 bridgehead atoms. The second-order valence-electron chi connectivity index (χ2n) is 6.38. The molecule has 0 spiro atoms. The Bertz CT molecular complexity index is 564. The van der Waals surface area contributed by atoms with Crippen LogP contribution in [0.5, 0.6) is 0 Å². The van der Waals surface area contributed by atoms with Crippen LogP contribution in [-0.2, 0) is 11.3 Å². The summed E-state index contributed by atoms with van der Waals surface area (Å²) in [6, 6.07) is 5.51. The molecular weight excluding hydrogens is 343 g/mol. The van der Waals surface area contributed by atoms with Crippen LogP contribution < -0.4 is 5.73 Å². The summed E-state index contributed by atoms with van der Waals surface area (Å²) in [5.41, 5.74) is 7.24. The molecule has 2 aliphatic rings. The lowest BCUT2D eigenvalue weighted by Gasteiger charge is -2.31. The van der Waals surface area contributed by atoms with Crippen molar-refractivity contribution in [2.75, 3.05) is 7.05 Å². The quantitative estimate of drug-likeness (QED) is 0.889. The van der Waals surface area contributed by atoms with Crippen molar-refractivity contribution in [3.63, 3.8) is 0 Å². The first-order valence-electron chi connectivity index (χ1n) is 7.42. The molecule has 2 fully saturated rings. The molecule has 3 nitrogen and oxygen atoms in total. The highest BCUT2D eigenvalue weighted by Crippen LogP contribution is 2.48. The number of carbonyl (C=O) groups is 1. The SMILES string of the molecule is CN(Cc1ccc(Cl)c(Cl)c1)C(=O)C1C2CCC(C2)C1N.Cl. The van der Waals surface area contributed by atoms with E-state index in [9.17, 15) is 4.79 Å². The predicted octanol–water partition coefficient (Wildman–Crippen LogP) is 3.75. The van der Waals surface area contributed by atoms with Crippen molar-refractivity contribution in [1.29, 1.82) is 0 Å². The van der Waals surface area contributed by atoms with Gasteiger partial charge in [-0.2, -0.15) is 0 Å². The number of nitrogens with zero attached hydrogens (tertiary/aromatic N) is 1. The van der Waals surface area contributed by atoms with Gasteiger partial charge in [0.2, 0.25) is 5.91 Å². The lowest BCUT2D eigenvalue weighted by atomic mass is 9.84. The number of halogens is 3. The summed E-state index contributed by atoms with van der Waals surface area (Å²) < 4.78 is 0. The van der Waals surface area contributed by atoms with Crippen molar-refractivity contribution in [2.24, 2.45) is 23.5 Å². The van der Waals surface area contributed by atoms with Crippen LogP contribution in [0.25, 0.3) is 0 Å². The van der Waals surface area contributed by atoms with Crippen molar-refractivity contribution < 1.29 is 4.79 Å². The van der Waals surface area contributed by atoms with E-state index in [1.54, 1.807) is 11.0 Å². The number of benzene rings is 1. The van der Waals surface area contributed by atoms with Gasteiger partial charge in [-0.05, 0) is 48.8 Å². The molecule has 1 aromatic rings. The Morgan fingerprint density at radius 1 is 1.27 bits per heavy atom. The zero-order valence-corrected chi connectivity index (χ0v) is 14.8. The minimum absolute atomic E-state index is 0. The molecule has 122 valence electrons. The Balaban J connectivity index is 0.00000176. The van der Waals surface area contributed by atoms with Gasteiger partial charge in [0.25, 0.3) is 0 Å². The van der Waals surface area contributed by atoms with Crippen molar-refractivity contribution in [2.45, 2.75) is 31.8 Å². The van der Waals surface area contributed by atoms with E-state index in [-0.39, 0.29) is 30.3 Å². The molecule has 0 radical (unpaired) electrons. The molecule has 4 unspecified atom stereocenters. The summed E-state index contributed by atoms with van der Waals surface area (Å²) in [5.74, 6) is 1.19. The summed E-state index contributed by atoms with van der Waals surface area (Å²) in [5, 5.41) is 1.05. The van der Waals surface area contributed by atoms with Gasteiger partial charge in [0, 0.05) is 19.6 Å². The number of rotatable bonds is 3. The summed E-state index contributed by atoms with van der Waals surface area (Å²) in [4.78, 5) is 14.5. The summed E-state index contributed by atoms with van der Waals surface area (Å²) >= 11 is 11.9. The lowest BCUT2D eigenvalue weighted by Crippen LogP contribution is -2.45. The van der Waals surface area contributed by atoms with E-state index in [1.807, 2.05) is 19.2 Å². The largest absolute Gasteiger partial charge is 0.341 e. The fourth-order valence-electron chi connectivity index (χ4n) is 3.95. The topological polar surface area (TPSA) is 46.3 Å². The van der Waals surface area contributed by atoms with Crippen molar-refractivity contribution >= 4 is 41.5 Å². The van der Waals surface area contributed by atoms with E-state index < -0.39 is 0 Å². The number of hydrogen-bond donors (Lipinski definition) is 1. The van der Waals surface area contributed by atoms with E-state index in [4.69, 9.17) is 28.9 Å². The van der Waals surface area contributed by atoms with E-state index in [0.29, 0.717) is 28.4 Å². The third-order valence-electron chi connectivity index (χ3n) is 5.05. The molecule has 4 atom stereocenters. The van der Waals surface area contributed by atoms with Gasteiger partial charge in [-0.25, -0.2) is 0 Å². The Hall–Kier alpha value is -0.480. The van der Waals surface area contributed by atoms with Gasteiger partial charge in [-0.1, -0.05) is 29.3 Å². The zero-order valence-electron chi connectivity index (χ0n) is 12.5. The standard InChI is InChI=1S/C16H20Cl2N2O.ClH/c1-20(8-9-2-5-12(17)13(18)6-9)16(21)14-10-3-4-11(7-10)15(14)19;/h2,5-6,10-11,14-15H,3-4,7-8,19H2,1H3;1H. The number of amides is 1. The monoisotopic (exact) mass is 362 g/mol. The first-order valence-corrected chi connectivity index (χ1v) is 8.17. The van der Waals surface area contributed by atoms with Crippen LogP contribution >= 0.6 is 35.6 Å². The van der Waals surface area contributed by atoms with Crippen molar-refractivity contribution in [3.8, 4) is 0 Å². The van der Waals surface area contributed by atoms with Gasteiger partial charge in [0.15, 0.2) is 0 Å². The second-order valence-corrected chi connectivity index (χ2v) is 7.19.